The van der Waals surface area contributed by atoms with Crippen LogP contribution in [-0.4, -0.2) is 28.2 Å². The average molecular weight is 399 g/mol. The van der Waals surface area contributed by atoms with Crippen LogP contribution in [0.2, 0.25) is 0 Å². The van der Waals surface area contributed by atoms with Crippen LogP contribution < -0.4 is 20.1 Å². The van der Waals surface area contributed by atoms with E-state index in [4.69, 9.17) is 9.47 Å². The number of hydrogen-bond donors (Lipinski definition) is 2. The fraction of sp³-hybridized carbons (Fsp3) is 0.222. The Morgan fingerprint density at radius 2 is 1.96 bits per heavy atom. The van der Waals surface area contributed by atoms with Crippen molar-refractivity contribution in [3.8, 4) is 11.5 Å². The molecule has 0 unspecified atom stereocenters. The Kier molecular flexibility index (Phi) is 5.20. The molecule has 28 heavy (non-hydrogen) atoms. The third kappa shape index (κ3) is 3.96. The van der Waals surface area contributed by atoms with Gasteiger partial charge in [0.1, 0.15) is 6.33 Å². The number of rotatable bonds is 8. The maximum absolute atomic E-state index is 11.6. The van der Waals surface area contributed by atoms with E-state index in [1.807, 2.05) is 35.7 Å². The second-order valence-corrected chi connectivity index (χ2v) is 7.01. The highest BCUT2D eigenvalue weighted by Gasteiger charge is 2.23. The third-order valence-corrected chi connectivity index (χ3v) is 5.08. The number of benzene rings is 1. The zero-order chi connectivity index (χ0) is 19.3. The highest BCUT2D eigenvalue weighted by atomic mass is 32.1. The Balaban J connectivity index is 1.46. The lowest BCUT2D eigenvalue weighted by Crippen LogP contribution is -2.11. The van der Waals surface area contributed by atoms with Gasteiger partial charge < -0.3 is 20.1 Å². The van der Waals surface area contributed by atoms with Crippen molar-refractivity contribution in [2.45, 2.75) is 13.0 Å². The SMILES string of the molecule is O=[N+]([O-])c1c(NCCc2cccs2)ncnc1NCc1ccc2c(c1)OCO2. The molecule has 0 fully saturated rings. The first kappa shape index (κ1) is 18.0. The monoisotopic (exact) mass is 399 g/mol. The van der Waals surface area contributed by atoms with Crippen LogP contribution in [0.1, 0.15) is 10.4 Å². The minimum absolute atomic E-state index is 0.163. The predicted molar refractivity (Wildman–Crippen MR) is 105 cm³/mol. The molecule has 4 rings (SSSR count). The van der Waals surface area contributed by atoms with Crippen molar-refractivity contribution in [2.24, 2.45) is 0 Å². The number of ether oxygens (including phenoxy) is 2. The van der Waals surface area contributed by atoms with Crippen molar-refractivity contribution in [1.82, 2.24) is 9.97 Å². The van der Waals surface area contributed by atoms with Crippen molar-refractivity contribution < 1.29 is 14.4 Å². The Labute approximate surface area is 164 Å². The first-order valence-electron chi connectivity index (χ1n) is 8.59. The number of thiophene rings is 1. The van der Waals surface area contributed by atoms with Crippen LogP contribution in [0, 0.1) is 10.1 Å². The van der Waals surface area contributed by atoms with Crippen LogP contribution in [0.5, 0.6) is 11.5 Å². The fourth-order valence-electron chi connectivity index (χ4n) is 2.81. The van der Waals surface area contributed by atoms with Gasteiger partial charge in [-0.25, -0.2) is 9.97 Å². The molecular formula is C18H17N5O4S. The topological polar surface area (TPSA) is 111 Å². The molecule has 0 saturated carbocycles. The quantitative estimate of drug-likeness (QED) is 0.438. The first-order valence-corrected chi connectivity index (χ1v) is 9.47. The second-order valence-electron chi connectivity index (χ2n) is 5.97. The second kappa shape index (κ2) is 8.09. The van der Waals surface area contributed by atoms with Gasteiger partial charge in [-0.05, 0) is 35.6 Å². The largest absolute Gasteiger partial charge is 0.454 e. The zero-order valence-corrected chi connectivity index (χ0v) is 15.6. The van der Waals surface area contributed by atoms with Gasteiger partial charge in [-0.15, -0.1) is 11.3 Å². The fourth-order valence-corrected chi connectivity index (χ4v) is 3.52. The van der Waals surface area contributed by atoms with Gasteiger partial charge in [0.2, 0.25) is 18.4 Å². The summed E-state index contributed by atoms with van der Waals surface area (Å²) < 4.78 is 10.6. The molecule has 10 heteroatoms. The molecular weight excluding hydrogens is 382 g/mol. The summed E-state index contributed by atoms with van der Waals surface area (Å²) in [5.41, 5.74) is 0.721. The van der Waals surface area contributed by atoms with E-state index in [2.05, 4.69) is 20.6 Å². The van der Waals surface area contributed by atoms with E-state index in [1.165, 1.54) is 11.2 Å². The molecule has 9 nitrogen and oxygen atoms in total. The van der Waals surface area contributed by atoms with E-state index < -0.39 is 4.92 Å². The van der Waals surface area contributed by atoms with Gasteiger partial charge in [-0.3, -0.25) is 10.1 Å². The Morgan fingerprint density at radius 1 is 1.14 bits per heavy atom. The standard InChI is InChI=1S/C18H17N5O4S/c24-23(25)16-17(19-6-5-13-2-1-7-28-13)21-10-22-18(16)20-9-12-3-4-14-15(8-12)27-11-26-14/h1-4,7-8,10H,5-6,9,11H2,(H2,19,20,21,22). The molecule has 0 radical (unpaired) electrons. The number of nitrogens with zero attached hydrogens (tertiary/aromatic N) is 3. The van der Waals surface area contributed by atoms with Crippen LogP contribution >= 0.6 is 11.3 Å². The number of fused-ring (bicyclic) bond motifs is 1. The predicted octanol–water partition coefficient (Wildman–Crippen LogP) is 3.44. The molecule has 0 aliphatic carbocycles. The molecule has 3 heterocycles. The van der Waals surface area contributed by atoms with Crippen LogP contribution in [0.3, 0.4) is 0 Å². The molecule has 0 amide bonds. The van der Waals surface area contributed by atoms with E-state index >= 15 is 0 Å². The summed E-state index contributed by atoms with van der Waals surface area (Å²) in [7, 11) is 0. The van der Waals surface area contributed by atoms with Crippen LogP contribution in [0.25, 0.3) is 0 Å². The van der Waals surface area contributed by atoms with Crippen LogP contribution in [-0.2, 0) is 13.0 Å². The lowest BCUT2D eigenvalue weighted by Gasteiger charge is -2.10. The summed E-state index contributed by atoms with van der Waals surface area (Å²) in [5, 5.41) is 19.7. The summed E-state index contributed by atoms with van der Waals surface area (Å²) >= 11 is 1.65. The molecule has 1 aliphatic heterocycles. The highest BCUT2D eigenvalue weighted by Crippen LogP contribution is 2.33. The molecule has 0 atom stereocenters. The maximum Gasteiger partial charge on any atom is 0.353 e. The number of hydrogen-bond acceptors (Lipinski definition) is 9. The van der Waals surface area contributed by atoms with Gasteiger partial charge in [0, 0.05) is 18.0 Å². The van der Waals surface area contributed by atoms with Gasteiger partial charge in [0.15, 0.2) is 11.5 Å². The first-order chi connectivity index (χ1) is 13.7. The van der Waals surface area contributed by atoms with Crippen LogP contribution in [0.15, 0.2) is 42.0 Å². The molecule has 0 saturated heterocycles. The third-order valence-electron chi connectivity index (χ3n) is 4.15. The van der Waals surface area contributed by atoms with E-state index in [0.717, 1.165) is 12.0 Å². The molecule has 144 valence electrons. The Bertz CT molecular complexity index is 980. The lowest BCUT2D eigenvalue weighted by molar-refractivity contribution is -0.383. The average Bonchev–Trinajstić information content (AvgIpc) is 3.37. The van der Waals surface area contributed by atoms with E-state index in [9.17, 15) is 10.1 Å². The summed E-state index contributed by atoms with van der Waals surface area (Å²) in [5.74, 6) is 1.71. The number of anilines is 2. The molecule has 0 bridgehead atoms. The minimum Gasteiger partial charge on any atom is -0.454 e. The van der Waals surface area contributed by atoms with Crippen molar-refractivity contribution in [1.29, 1.82) is 0 Å². The lowest BCUT2D eigenvalue weighted by atomic mass is 10.2. The molecule has 1 aliphatic rings. The molecule has 3 aromatic rings. The minimum atomic E-state index is -0.477. The van der Waals surface area contributed by atoms with E-state index in [1.54, 1.807) is 11.3 Å². The van der Waals surface area contributed by atoms with Crippen molar-refractivity contribution >= 4 is 28.7 Å². The zero-order valence-electron chi connectivity index (χ0n) is 14.8. The number of nitrogens with one attached hydrogen (secondary N) is 2. The van der Waals surface area contributed by atoms with Gasteiger partial charge in [-0.1, -0.05) is 12.1 Å². The Hall–Kier alpha value is -3.40. The van der Waals surface area contributed by atoms with Gasteiger partial charge in [0.25, 0.3) is 0 Å². The molecule has 0 spiro atoms. The summed E-state index contributed by atoms with van der Waals surface area (Å²) in [6.07, 6.45) is 2.07. The van der Waals surface area contributed by atoms with E-state index in [0.29, 0.717) is 24.6 Å². The molecule has 1 aromatic carbocycles. The molecule has 2 aromatic heterocycles. The summed E-state index contributed by atoms with van der Waals surface area (Å²) in [6.45, 7) is 1.09. The van der Waals surface area contributed by atoms with Crippen LogP contribution in [0.4, 0.5) is 17.3 Å². The Morgan fingerprint density at radius 3 is 2.75 bits per heavy atom. The number of aromatic nitrogens is 2. The summed E-state index contributed by atoms with van der Waals surface area (Å²) in [6, 6.07) is 9.52. The smallest absolute Gasteiger partial charge is 0.353 e. The number of nitro groups is 1. The maximum atomic E-state index is 11.6. The van der Waals surface area contributed by atoms with Crippen molar-refractivity contribution in [3.05, 3.63) is 62.6 Å². The van der Waals surface area contributed by atoms with Crippen molar-refractivity contribution in [3.63, 3.8) is 0 Å². The van der Waals surface area contributed by atoms with Crippen molar-refractivity contribution in [2.75, 3.05) is 24.0 Å². The normalized spacial score (nSPS) is 12.0. The summed E-state index contributed by atoms with van der Waals surface area (Å²) in [4.78, 5) is 20.4. The molecule has 2 N–H and O–H groups in total. The van der Waals surface area contributed by atoms with Gasteiger partial charge >= 0.3 is 5.69 Å². The van der Waals surface area contributed by atoms with E-state index in [-0.39, 0.29) is 24.1 Å². The van der Waals surface area contributed by atoms with Gasteiger partial charge in [0.05, 0.1) is 4.92 Å². The van der Waals surface area contributed by atoms with Gasteiger partial charge in [-0.2, -0.15) is 0 Å². The highest BCUT2D eigenvalue weighted by molar-refractivity contribution is 7.09.